The van der Waals surface area contributed by atoms with Crippen molar-refractivity contribution >= 4 is 11.9 Å². The molecule has 1 saturated heterocycles. The van der Waals surface area contributed by atoms with Crippen LogP contribution in [0, 0.1) is 6.92 Å². The van der Waals surface area contributed by atoms with Crippen LogP contribution in [-0.4, -0.2) is 27.0 Å². The number of hydrogen-bond acceptors (Lipinski definition) is 5. The lowest BCUT2D eigenvalue weighted by atomic mass is 9.87. The van der Waals surface area contributed by atoms with Gasteiger partial charge in [-0.1, -0.05) is 42.4 Å². The molecule has 1 aliphatic rings. The van der Waals surface area contributed by atoms with E-state index in [0.29, 0.717) is 12.2 Å². The maximum absolute atomic E-state index is 12.8. The number of aromatic nitrogens is 2. The highest BCUT2D eigenvalue weighted by Gasteiger charge is 2.51. The minimum atomic E-state index is -1.03. The van der Waals surface area contributed by atoms with Crippen molar-refractivity contribution < 1.29 is 14.1 Å². The molecule has 1 atom stereocenters. The van der Waals surface area contributed by atoms with Gasteiger partial charge in [0.05, 0.1) is 0 Å². The van der Waals surface area contributed by atoms with E-state index in [0.717, 1.165) is 10.5 Å². The first-order chi connectivity index (χ1) is 10.6. The molecule has 1 aliphatic heterocycles. The number of nitrogens with one attached hydrogen (secondary N) is 1. The fraction of sp³-hybridized carbons (Fsp3) is 0.333. The number of hydrogen-bond donors (Lipinski definition) is 1. The Morgan fingerprint density at radius 1 is 1.27 bits per heavy atom. The molecule has 2 aromatic rings. The van der Waals surface area contributed by atoms with E-state index < -0.39 is 11.6 Å². The summed E-state index contributed by atoms with van der Waals surface area (Å²) in [5, 5.41) is 6.48. The second kappa shape index (κ2) is 5.25. The Hall–Kier alpha value is -2.70. The third-order valence-electron chi connectivity index (χ3n) is 3.84. The summed E-state index contributed by atoms with van der Waals surface area (Å²) in [6, 6.07) is 8.77. The van der Waals surface area contributed by atoms with Crippen LogP contribution in [0.3, 0.4) is 0 Å². The normalized spacial score (nSPS) is 21.3. The van der Waals surface area contributed by atoms with Crippen LogP contribution >= 0.6 is 0 Å². The molecule has 7 nitrogen and oxygen atoms in total. The average molecular weight is 300 g/mol. The summed E-state index contributed by atoms with van der Waals surface area (Å²) in [5.41, 5.74) is -0.270. The number of imide groups is 1. The van der Waals surface area contributed by atoms with Crippen molar-refractivity contribution in [1.82, 2.24) is 20.4 Å². The molecule has 1 N–H and O–H groups in total. The fourth-order valence-electron chi connectivity index (χ4n) is 2.67. The van der Waals surface area contributed by atoms with Gasteiger partial charge in [0, 0.05) is 0 Å². The van der Waals surface area contributed by atoms with Crippen molar-refractivity contribution in [2.45, 2.75) is 32.4 Å². The summed E-state index contributed by atoms with van der Waals surface area (Å²) < 4.78 is 5.00. The van der Waals surface area contributed by atoms with Gasteiger partial charge in [0.15, 0.2) is 5.82 Å². The summed E-state index contributed by atoms with van der Waals surface area (Å²) in [7, 11) is 0. The van der Waals surface area contributed by atoms with Gasteiger partial charge in [-0.2, -0.15) is 4.98 Å². The molecule has 0 saturated carbocycles. The third kappa shape index (κ3) is 2.14. The molecule has 22 heavy (non-hydrogen) atoms. The maximum atomic E-state index is 12.8. The van der Waals surface area contributed by atoms with Crippen molar-refractivity contribution in [3.05, 3.63) is 47.6 Å². The van der Waals surface area contributed by atoms with Crippen LogP contribution in [0.2, 0.25) is 0 Å². The Bertz CT molecular complexity index is 713. The highest BCUT2D eigenvalue weighted by molar-refractivity contribution is 6.07. The lowest BCUT2D eigenvalue weighted by Crippen LogP contribution is -2.43. The molecule has 3 rings (SSSR count). The second-order valence-corrected chi connectivity index (χ2v) is 5.18. The molecule has 0 spiro atoms. The van der Waals surface area contributed by atoms with E-state index in [1.54, 1.807) is 6.92 Å². The van der Waals surface area contributed by atoms with Crippen LogP contribution in [0.1, 0.15) is 30.6 Å². The largest absolute Gasteiger partial charge is 0.337 e. The van der Waals surface area contributed by atoms with Crippen molar-refractivity contribution in [3.63, 3.8) is 0 Å². The molecular formula is C15H16N4O3. The molecule has 3 amide bonds. The van der Waals surface area contributed by atoms with Crippen LogP contribution in [0.4, 0.5) is 4.79 Å². The number of urea groups is 1. The van der Waals surface area contributed by atoms with Crippen LogP contribution in [-0.2, 0) is 16.9 Å². The first-order valence-corrected chi connectivity index (χ1v) is 7.05. The highest BCUT2D eigenvalue weighted by atomic mass is 16.5. The third-order valence-corrected chi connectivity index (χ3v) is 3.84. The number of benzene rings is 1. The molecule has 0 radical (unpaired) electrons. The predicted octanol–water partition coefficient (Wildman–Crippen LogP) is 1.74. The smallest absolute Gasteiger partial charge is 0.325 e. The zero-order valence-corrected chi connectivity index (χ0v) is 12.4. The second-order valence-electron chi connectivity index (χ2n) is 5.18. The number of nitrogens with zero attached hydrogens (tertiary/aromatic N) is 3. The lowest BCUT2D eigenvalue weighted by molar-refractivity contribution is -0.132. The van der Waals surface area contributed by atoms with Crippen LogP contribution in [0.15, 0.2) is 34.9 Å². The Balaban J connectivity index is 1.93. The van der Waals surface area contributed by atoms with E-state index in [4.69, 9.17) is 4.52 Å². The zero-order valence-electron chi connectivity index (χ0n) is 12.4. The van der Waals surface area contributed by atoms with E-state index in [2.05, 4.69) is 15.5 Å². The highest BCUT2D eigenvalue weighted by Crippen LogP contribution is 2.32. The van der Waals surface area contributed by atoms with Gasteiger partial charge in [-0.15, -0.1) is 0 Å². The van der Waals surface area contributed by atoms with Gasteiger partial charge in [0.25, 0.3) is 5.91 Å². The van der Waals surface area contributed by atoms with Gasteiger partial charge in [-0.05, 0) is 18.9 Å². The van der Waals surface area contributed by atoms with E-state index in [1.807, 2.05) is 37.3 Å². The Morgan fingerprint density at radius 3 is 2.59 bits per heavy atom. The van der Waals surface area contributed by atoms with Crippen molar-refractivity contribution in [3.8, 4) is 0 Å². The lowest BCUT2D eigenvalue weighted by Gasteiger charge is -2.25. The Morgan fingerprint density at radius 2 is 2.00 bits per heavy atom. The zero-order chi connectivity index (χ0) is 15.7. The minimum Gasteiger partial charge on any atom is -0.337 e. The number of rotatable bonds is 4. The Kier molecular flexibility index (Phi) is 3.40. The van der Waals surface area contributed by atoms with Gasteiger partial charge in [-0.3, -0.25) is 9.69 Å². The van der Waals surface area contributed by atoms with Gasteiger partial charge in [-0.25, -0.2) is 4.79 Å². The SMILES string of the molecule is CC[C@]1(c2ccccc2)NC(=O)N(Cc2nc(C)no2)C1=O. The van der Waals surface area contributed by atoms with Crippen LogP contribution in [0.25, 0.3) is 0 Å². The van der Waals surface area contributed by atoms with Gasteiger partial charge < -0.3 is 9.84 Å². The van der Waals surface area contributed by atoms with Gasteiger partial charge in [0.1, 0.15) is 12.1 Å². The fourth-order valence-corrected chi connectivity index (χ4v) is 2.67. The molecule has 1 fully saturated rings. The van der Waals surface area contributed by atoms with Crippen molar-refractivity contribution in [1.29, 1.82) is 0 Å². The monoisotopic (exact) mass is 300 g/mol. The molecular weight excluding hydrogens is 284 g/mol. The number of aryl methyl sites for hydroxylation is 1. The summed E-state index contributed by atoms with van der Waals surface area (Å²) in [6.07, 6.45) is 0.459. The summed E-state index contributed by atoms with van der Waals surface area (Å²) in [6.45, 7) is 3.52. The van der Waals surface area contributed by atoms with Crippen LogP contribution < -0.4 is 5.32 Å². The quantitative estimate of drug-likeness (QED) is 0.869. The van der Waals surface area contributed by atoms with Crippen LogP contribution in [0.5, 0.6) is 0 Å². The summed E-state index contributed by atoms with van der Waals surface area (Å²) in [4.78, 5) is 30.2. The summed E-state index contributed by atoms with van der Waals surface area (Å²) >= 11 is 0. The number of carbonyl (C=O) groups excluding carboxylic acids is 2. The number of amides is 3. The average Bonchev–Trinajstić information content (AvgIpc) is 3.05. The minimum absolute atomic E-state index is 0.0277. The van der Waals surface area contributed by atoms with E-state index >= 15 is 0 Å². The van der Waals surface area contributed by atoms with Gasteiger partial charge >= 0.3 is 6.03 Å². The number of carbonyl (C=O) groups is 2. The maximum Gasteiger partial charge on any atom is 0.325 e. The first-order valence-electron chi connectivity index (χ1n) is 7.05. The van der Waals surface area contributed by atoms with Crippen molar-refractivity contribution in [2.75, 3.05) is 0 Å². The van der Waals surface area contributed by atoms with E-state index in [1.165, 1.54) is 0 Å². The molecule has 0 bridgehead atoms. The summed E-state index contributed by atoms with van der Waals surface area (Å²) in [5.74, 6) is 0.398. The standard InChI is InChI=1S/C15H16N4O3/c1-3-15(11-7-5-4-6-8-11)13(20)19(14(21)17-15)9-12-16-10(2)18-22-12/h4-8H,3,9H2,1-2H3,(H,17,21)/t15-/m1/s1. The molecule has 1 aromatic carbocycles. The molecule has 0 aliphatic carbocycles. The Labute approximate surface area is 127 Å². The van der Waals surface area contributed by atoms with E-state index in [9.17, 15) is 9.59 Å². The molecule has 0 unspecified atom stereocenters. The molecule has 7 heteroatoms. The topological polar surface area (TPSA) is 88.3 Å². The molecule has 1 aromatic heterocycles. The molecule has 114 valence electrons. The first kappa shape index (κ1) is 14.2. The van der Waals surface area contributed by atoms with E-state index in [-0.39, 0.29) is 18.3 Å². The van der Waals surface area contributed by atoms with Gasteiger partial charge in [0.2, 0.25) is 5.89 Å². The molecule has 2 heterocycles. The van der Waals surface area contributed by atoms with Crippen molar-refractivity contribution in [2.24, 2.45) is 0 Å². The predicted molar refractivity (Wildman–Crippen MR) is 76.5 cm³/mol.